The number of hydrogen-bond donors (Lipinski definition) is 2. The Hall–Kier alpha value is -2.86. The molecule has 2 heterocycles. The van der Waals surface area contributed by atoms with Crippen LogP contribution < -0.4 is 5.32 Å². The predicted octanol–water partition coefficient (Wildman–Crippen LogP) is 2.89. The lowest BCUT2D eigenvalue weighted by Gasteiger charge is -2.36. The van der Waals surface area contributed by atoms with Crippen LogP contribution in [-0.2, 0) is 13.0 Å². The van der Waals surface area contributed by atoms with Gasteiger partial charge in [0.25, 0.3) is 0 Å². The van der Waals surface area contributed by atoms with E-state index in [1.807, 2.05) is 25.2 Å². The summed E-state index contributed by atoms with van der Waals surface area (Å²) in [7, 11) is 1.87. The highest BCUT2D eigenvalue weighted by atomic mass is 15.3. The first-order valence-corrected chi connectivity index (χ1v) is 10.5. The first-order chi connectivity index (χ1) is 14.3. The predicted molar refractivity (Wildman–Crippen MR) is 119 cm³/mol. The zero-order valence-electron chi connectivity index (χ0n) is 17.1. The summed E-state index contributed by atoms with van der Waals surface area (Å²) in [6.07, 6.45) is 1.95. The summed E-state index contributed by atoms with van der Waals surface area (Å²) in [5.74, 6) is 2.06. The fourth-order valence-electron chi connectivity index (χ4n) is 3.87. The minimum Gasteiger partial charge on any atom is -0.356 e. The number of rotatable bonds is 6. The third kappa shape index (κ3) is 5.15. The molecule has 6 heteroatoms. The number of aliphatic imine (C=N–C) groups is 1. The van der Waals surface area contributed by atoms with E-state index in [4.69, 9.17) is 0 Å². The first kappa shape index (κ1) is 19.5. The number of piperazine rings is 1. The van der Waals surface area contributed by atoms with E-state index in [0.717, 1.165) is 74.9 Å². The average Bonchev–Trinajstić information content (AvgIpc) is 3.18. The van der Waals surface area contributed by atoms with Crippen molar-refractivity contribution in [2.75, 3.05) is 39.8 Å². The van der Waals surface area contributed by atoms with Gasteiger partial charge in [-0.25, -0.2) is 4.98 Å². The van der Waals surface area contributed by atoms with E-state index < -0.39 is 0 Å². The van der Waals surface area contributed by atoms with Crippen LogP contribution in [0.25, 0.3) is 11.0 Å². The summed E-state index contributed by atoms with van der Waals surface area (Å²) in [5.41, 5.74) is 3.54. The highest BCUT2D eigenvalue weighted by Crippen LogP contribution is 2.11. The van der Waals surface area contributed by atoms with Gasteiger partial charge < -0.3 is 15.2 Å². The number of benzene rings is 2. The largest absolute Gasteiger partial charge is 0.356 e. The smallest absolute Gasteiger partial charge is 0.193 e. The highest BCUT2D eigenvalue weighted by molar-refractivity contribution is 5.80. The molecule has 4 rings (SSSR count). The van der Waals surface area contributed by atoms with E-state index in [0.29, 0.717) is 0 Å². The van der Waals surface area contributed by atoms with Gasteiger partial charge in [-0.2, -0.15) is 0 Å². The van der Waals surface area contributed by atoms with Crippen LogP contribution in [-0.4, -0.2) is 65.5 Å². The lowest BCUT2D eigenvalue weighted by atomic mass is 10.2. The number of fused-ring (bicyclic) bond motifs is 1. The molecular formula is C23H30N6. The van der Waals surface area contributed by atoms with Gasteiger partial charge in [-0.05, 0) is 24.1 Å². The summed E-state index contributed by atoms with van der Waals surface area (Å²) >= 11 is 0. The van der Waals surface area contributed by atoms with Crippen LogP contribution in [0.5, 0.6) is 0 Å². The minimum absolute atomic E-state index is 0.897. The lowest BCUT2D eigenvalue weighted by molar-refractivity contribution is 0.172. The summed E-state index contributed by atoms with van der Waals surface area (Å²) in [5, 5.41) is 3.52. The van der Waals surface area contributed by atoms with Crippen molar-refractivity contribution < 1.29 is 0 Å². The zero-order valence-corrected chi connectivity index (χ0v) is 17.1. The second-order valence-electron chi connectivity index (χ2n) is 7.53. The molecule has 0 radical (unpaired) electrons. The van der Waals surface area contributed by atoms with E-state index in [-0.39, 0.29) is 0 Å². The van der Waals surface area contributed by atoms with Gasteiger partial charge >= 0.3 is 0 Å². The summed E-state index contributed by atoms with van der Waals surface area (Å²) in [6.45, 7) is 6.07. The third-order valence-corrected chi connectivity index (χ3v) is 5.44. The van der Waals surface area contributed by atoms with Crippen LogP contribution in [0.3, 0.4) is 0 Å². The molecule has 2 aromatic carbocycles. The van der Waals surface area contributed by atoms with Gasteiger partial charge in [-0.15, -0.1) is 0 Å². The Kier molecular flexibility index (Phi) is 6.42. The Balaban J connectivity index is 1.19. The lowest BCUT2D eigenvalue weighted by Crippen LogP contribution is -2.52. The van der Waals surface area contributed by atoms with Crippen molar-refractivity contribution in [2.45, 2.75) is 19.4 Å². The molecule has 1 saturated heterocycles. The number of para-hydroxylation sites is 2. The topological polar surface area (TPSA) is 59.6 Å². The first-order valence-electron chi connectivity index (χ1n) is 10.5. The van der Waals surface area contributed by atoms with E-state index in [2.05, 4.69) is 66.5 Å². The number of hydrogen-bond acceptors (Lipinski definition) is 3. The van der Waals surface area contributed by atoms with E-state index >= 15 is 0 Å². The molecule has 0 aliphatic carbocycles. The Morgan fingerprint density at radius 2 is 1.79 bits per heavy atom. The summed E-state index contributed by atoms with van der Waals surface area (Å²) in [6, 6.07) is 18.9. The molecule has 3 aromatic rings. The van der Waals surface area contributed by atoms with Crippen molar-refractivity contribution in [3.8, 4) is 0 Å². The fraction of sp³-hybridized carbons (Fsp3) is 0.391. The molecular weight excluding hydrogens is 360 g/mol. The van der Waals surface area contributed by atoms with Crippen molar-refractivity contribution in [2.24, 2.45) is 4.99 Å². The molecule has 0 unspecified atom stereocenters. The molecule has 1 fully saturated rings. The average molecular weight is 391 g/mol. The molecule has 29 heavy (non-hydrogen) atoms. The summed E-state index contributed by atoms with van der Waals surface area (Å²) < 4.78 is 0. The third-order valence-electron chi connectivity index (χ3n) is 5.44. The molecule has 0 saturated carbocycles. The number of H-pyrrole nitrogens is 1. The van der Waals surface area contributed by atoms with Gasteiger partial charge in [0.15, 0.2) is 5.96 Å². The summed E-state index contributed by atoms with van der Waals surface area (Å²) in [4.78, 5) is 17.4. The second kappa shape index (κ2) is 9.56. The van der Waals surface area contributed by atoms with Gasteiger partial charge in [0.05, 0.1) is 11.0 Å². The molecule has 2 N–H and O–H groups in total. The van der Waals surface area contributed by atoms with Crippen LogP contribution in [0, 0.1) is 0 Å². The Morgan fingerprint density at radius 3 is 2.55 bits per heavy atom. The van der Waals surface area contributed by atoms with Crippen LogP contribution >= 0.6 is 0 Å². The number of guanidine groups is 1. The molecule has 0 bridgehead atoms. The van der Waals surface area contributed by atoms with Gasteiger partial charge in [-0.3, -0.25) is 9.89 Å². The molecule has 0 amide bonds. The van der Waals surface area contributed by atoms with Crippen LogP contribution in [0.4, 0.5) is 0 Å². The number of aromatic amines is 1. The Labute approximate surface area is 172 Å². The molecule has 0 atom stereocenters. The Bertz CT molecular complexity index is 892. The van der Waals surface area contributed by atoms with Gasteiger partial charge in [0.2, 0.25) is 0 Å². The van der Waals surface area contributed by atoms with Crippen LogP contribution in [0.15, 0.2) is 59.6 Å². The maximum Gasteiger partial charge on any atom is 0.193 e. The van der Waals surface area contributed by atoms with Crippen molar-refractivity contribution in [1.29, 1.82) is 0 Å². The molecule has 152 valence electrons. The SMILES string of the molecule is CN=C(NCCCc1nc2ccccc2[nH]1)N1CCN(Cc2ccccc2)CC1. The van der Waals surface area contributed by atoms with Crippen LogP contribution in [0.1, 0.15) is 17.8 Å². The molecule has 1 aliphatic heterocycles. The van der Waals surface area contributed by atoms with E-state index in [1.54, 1.807) is 0 Å². The van der Waals surface area contributed by atoms with Crippen LogP contribution in [0.2, 0.25) is 0 Å². The van der Waals surface area contributed by atoms with Gasteiger partial charge in [0.1, 0.15) is 5.82 Å². The quantitative estimate of drug-likeness (QED) is 0.386. The van der Waals surface area contributed by atoms with Gasteiger partial charge in [-0.1, -0.05) is 42.5 Å². The molecule has 1 aromatic heterocycles. The maximum atomic E-state index is 4.65. The highest BCUT2D eigenvalue weighted by Gasteiger charge is 2.19. The molecule has 0 spiro atoms. The monoisotopic (exact) mass is 390 g/mol. The normalized spacial score (nSPS) is 15.8. The van der Waals surface area contributed by atoms with Crippen molar-refractivity contribution >= 4 is 17.0 Å². The Morgan fingerprint density at radius 1 is 1.03 bits per heavy atom. The van der Waals surface area contributed by atoms with Crippen molar-refractivity contribution in [1.82, 2.24) is 25.1 Å². The van der Waals surface area contributed by atoms with Gasteiger partial charge in [0, 0.05) is 52.7 Å². The second-order valence-corrected chi connectivity index (χ2v) is 7.53. The van der Waals surface area contributed by atoms with Crippen molar-refractivity contribution in [3.05, 3.63) is 66.0 Å². The number of nitrogens with zero attached hydrogens (tertiary/aromatic N) is 4. The molecule has 6 nitrogen and oxygen atoms in total. The number of imidazole rings is 1. The number of aromatic nitrogens is 2. The van der Waals surface area contributed by atoms with E-state index in [1.165, 1.54) is 5.56 Å². The standard InChI is InChI=1S/C23H30N6/c1-24-23(25-13-7-12-22-26-20-10-5-6-11-21(20)27-22)29-16-14-28(15-17-29)18-19-8-3-2-4-9-19/h2-6,8-11H,7,12-18H2,1H3,(H,24,25)(H,26,27). The number of nitrogens with one attached hydrogen (secondary N) is 2. The minimum atomic E-state index is 0.897. The maximum absolute atomic E-state index is 4.65. The molecule has 1 aliphatic rings. The fourth-order valence-corrected chi connectivity index (χ4v) is 3.87. The van der Waals surface area contributed by atoms with E-state index in [9.17, 15) is 0 Å². The van der Waals surface area contributed by atoms with Crippen molar-refractivity contribution in [3.63, 3.8) is 0 Å². The zero-order chi connectivity index (χ0) is 19.9. The number of aryl methyl sites for hydroxylation is 1.